The molecule has 0 aromatic heterocycles. The first kappa shape index (κ1) is 24.4. The summed E-state index contributed by atoms with van der Waals surface area (Å²) in [6.45, 7) is 0. The van der Waals surface area contributed by atoms with E-state index in [1.165, 1.54) is 16.8 Å². The summed E-state index contributed by atoms with van der Waals surface area (Å²) in [7, 11) is 0. The van der Waals surface area contributed by atoms with Crippen LogP contribution in [0, 0.1) is 0 Å². The van der Waals surface area contributed by atoms with Crippen molar-refractivity contribution in [2.24, 2.45) is 0 Å². The molecule has 1 fully saturated rings. The Morgan fingerprint density at radius 2 is 1.58 bits per heavy atom. The lowest BCUT2D eigenvalue weighted by Gasteiger charge is -2.24. The SMILES string of the molecule is O=C(NN1C(=O)/C(=C/c2ccc(Cl)cc2)SC1c1cccc(Br)c1)c1ccc(-c2ccccc2)cc1. The molecule has 4 aromatic rings. The Morgan fingerprint density at radius 3 is 2.28 bits per heavy atom. The van der Waals surface area contributed by atoms with Gasteiger partial charge >= 0.3 is 0 Å². The Kier molecular flexibility index (Phi) is 7.28. The quantitative estimate of drug-likeness (QED) is 0.248. The number of hydrazine groups is 1. The number of nitrogens with one attached hydrogen (secondary N) is 1. The van der Waals surface area contributed by atoms with Crippen LogP contribution in [0.2, 0.25) is 5.02 Å². The van der Waals surface area contributed by atoms with Crippen molar-refractivity contribution in [2.75, 3.05) is 0 Å². The maximum Gasteiger partial charge on any atom is 0.280 e. The molecule has 0 aliphatic carbocycles. The standard InChI is InChI=1S/C29H20BrClN2O2S/c30-24-8-4-7-23(18-24)29-33(28(35)26(36-29)17-19-9-15-25(31)16-10-19)32-27(34)22-13-11-21(12-14-22)20-5-2-1-3-6-20/h1-18,29H,(H,32,34)/b26-17-. The third kappa shape index (κ3) is 5.41. The first-order valence-corrected chi connectivity index (χ1v) is 13.2. The predicted molar refractivity (Wildman–Crippen MR) is 150 cm³/mol. The van der Waals surface area contributed by atoms with Gasteiger partial charge in [-0.1, -0.05) is 106 Å². The highest BCUT2D eigenvalue weighted by molar-refractivity contribution is 9.10. The van der Waals surface area contributed by atoms with Gasteiger partial charge in [-0.3, -0.25) is 15.0 Å². The van der Waals surface area contributed by atoms with E-state index in [2.05, 4.69) is 21.4 Å². The molecule has 5 rings (SSSR count). The van der Waals surface area contributed by atoms with Gasteiger partial charge in [-0.2, -0.15) is 0 Å². The third-order valence-electron chi connectivity index (χ3n) is 5.68. The van der Waals surface area contributed by atoms with Gasteiger partial charge in [0.2, 0.25) is 0 Å². The Bertz CT molecular complexity index is 1440. The van der Waals surface area contributed by atoms with Gasteiger partial charge in [0.1, 0.15) is 5.37 Å². The lowest BCUT2D eigenvalue weighted by molar-refractivity contribution is -0.128. The minimum absolute atomic E-state index is 0.269. The molecule has 0 bridgehead atoms. The Hall–Kier alpha value is -3.32. The van der Waals surface area contributed by atoms with Crippen LogP contribution in [0.3, 0.4) is 0 Å². The van der Waals surface area contributed by atoms with Gasteiger partial charge in [0, 0.05) is 15.1 Å². The second-order valence-corrected chi connectivity index (χ2v) is 10.6. The maximum absolute atomic E-state index is 13.4. The molecular formula is C29H20BrClN2O2S. The summed E-state index contributed by atoms with van der Waals surface area (Å²) in [5.41, 5.74) is 7.14. The zero-order chi connectivity index (χ0) is 25.1. The molecule has 0 spiro atoms. The van der Waals surface area contributed by atoms with Gasteiger partial charge in [-0.15, -0.1) is 0 Å². The zero-order valence-electron chi connectivity index (χ0n) is 18.9. The fraction of sp³-hybridized carbons (Fsp3) is 0.0345. The van der Waals surface area contributed by atoms with Crippen LogP contribution in [0.15, 0.2) is 113 Å². The highest BCUT2D eigenvalue weighted by Gasteiger charge is 2.38. The van der Waals surface area contributed by atoms with Crippen LogP contribution in [-0.4, -0.2) is 16.8 Å². The second kappa shape index (κ2) is 10.7. The fourth-order valence-corrected chi connectivity index (χ4v) is 5.58. The fourth-order valence-electron chi connectivity index (χ4n) is 3.86. The van der Waals surface area contributed by atoms with Crippen molar-refractivity contribution in [3.05, 3.63) is 134 Å². The highest BCUT2D eigenvalue weighted by Crippen LogP contribution is 2.45. The van der Waals surface area contributed by atoms with Gasteiger partial charge < -0.3 is 0 Å². The minimum atomic E-state index is -0.416. The summed E-state index contributed by atoms with van der Waals surface area (Å²) >= 11 is 10.9. The Morgan fingerprint density at radius 1 is 0.889 bits per heavy atom. The lowest BCUT2D eigenvalue weighted by Crippen LogP contribution is -2.44. The molecule has 4 nitrogen and oxygen atoms in total. The molecule has 2 amide bonds. The number of carbonyl (C=O) groups excluding carboxylic acids is 2. The van der Waals surface area contributed by atoms with Crippen molar-refractivity contribution >= 4 is 57.2 Å². The number of thioether (sulfide) groups is 1. The van der Waals surface area contributed by atoms with Crippen molar-refractivity contribution < 1.29 is 9.59 Å². The Balaban J connectivity index is 1.42. The van der Waals surface area contributed by atoms with E-state index < -0.39 is 5.37 Å². The number of hydrogen-bond acceptors (Lipinski definition) is 3. The van der Waals surface area contributed by atoms with Crippen LogP contribution in [0.5, 0.6) is 0 Å². The number of benzene rings is 4. The monoisotopic (exact) mass is 574 g/mol. The topological polar surface area (TPSA) is 49.4 Å². The lowest BCUT2D eigenvalue weighted by atomic mass is 10.0. The van der Waals surface area contributed by atoms with E-state index in [4.69, 9.17) is 11.6 Å². The van der Waals surface area contributed by atoms with Crippen LogP contribution >= 0.6 is 39.3 Å². The first-order valence-electron chi connectivity index (χ1n) is 11.2. The van der Waals surface area contributed by atoms with Crippen LogP contribution in [0.4, 0.5) is 0 Å². The third-order valence-corrected chi connectivity index (χ3v) is 7.68. The number of hydrogen-bond donors (Lipinski definition) is 1. The number of halogens is 2. The number of rotatable bonds is 5. The zero-order valence-corrected chi connectivity index (χ0v) is 22.1. The first-order chi connectivity index (χ1) is 17.5. The van der Waals surface area contributed by atoms with Crippen LogP contribution in [0.25, 0.3) is 17.2 Å². The van der Waals surface area contributed by atoms with Gasteiger partial charge in [0.25, 0.3) is 11.8 Å². The van der Waals surface area contributed by atoms with Crippen molar-refractivity contribution in [1.82, 2.24) is 10.4 Å². The van der Waals surface area contributed by atoms with Crippen LogP contribution < -0.4 is 5.43 Å². The molecule has 0 radical (unpaired) electrons. The molecule has 1 aliphatic rings. The normalized spacial score (nSPS) is 16.4. The second-order valence-electron chi connectivity index (χ2n) is 8.14. The molecule has 7 heteroatoms. The van der Waals surface area contributed by atoms with Crippen molar-refractivity contribution in [1.29, 1.82) is 0 Å². The molecular weight excluding hydrogens is 556 g/mol. The van der Waals surface area contributed by atoms with Crippen molar-refractivity contribution in [3.63, 3.8) is 0 Å². The molecule has 1 aliphatic heterocycles. The van der Waals surface area contributed by atoms with Crippen LogP contribution in [-0.2, 0) is 4.79 Å². The van der Waals surface area contributed by atoms with E-state index in [1.807, 2.05) is 84.9 Å². The van der Waals surface area contributed by atoms with E-state index in [0.29, 0.717) is 15.5 Å². The highest BCUT2D eigenvalue weighted by atomic mass is 79.9. The van der Waals surface area contributed by atoms with Crippen molar-refractivity contribution in [2.45, 2.75) is 5.37 Å². The molecule has 1 heterocycles. The largest absolute Gasteiger partial charge is 0.280 e. The average molecular weight is 576 g/mol. The molecule has 1 saturated heterocycles. The van der Waals surface area contributed by atoms with E-state index >= 15 is 0 Å². The van der Waals surface area contributed by atoms with E-state index in [-0.39, 0.29) is 11.8 Å². The molecule has 1 N–H and O–H groups in total. The summed E-state index contributed by atoms with van der Waals surface area (Å²) in [5.74, 6) is -0.620. The Labute approximate surface area is 227 Å². The average Bonchev–Trinajstić information content (AvgIpc) is 3.20. The van der Waals surface area contributed by atoms with E-state index in [1.54, 1.807) is 24.3 Å². The van der Waals surface area contributed by atoms with Gasteiger partial charge in [0.05, 0.1) is 4.91 Å². The number of nitrogens with zero attached hydrogens (tertiary/aromatic N) is 1. The van der Waals surface area contributed by atoms with Gasteiger partial charge in [-0.25, -0.2) is 5.01 Å². The van der Waals surface area contributed by atoms with Crippen LogP contribution in [0.1, 0.15) is 26.9 Å². The summed E-state index contributed by atoms with van der Waals surface area (Å²) in [5, 5.41) is 1.62. The predicted octanol–water partition coefficient (Wildman–Crippen LogP) is 7.73. The van der Waals surface area contributed by atoms with Crippen molar-refractivity contribution in [3.8, 4) is 11.1 Å². The van der Waals surface area contributed by atoms with E-state index in [9.17, 15) is 9.59 Å². The molecule has 4 aromatic carbocycles. The molecule has 0 saturated carbocycles. The molecule has 1 unspecified atom stereocenters. The number of carbonyl (C=O) groups is 2. The number of amides is 2. The molecule has 1 atom stereocenters. The summed E-state index contributed by atoms with van der Waals surface area (Å²) in [4.78, 5) is 27.1. The maximum atomic E-state index is 13.4. The molecule has 178 valence electrons. The van der Waals surface area contributed by atoms with Gasteiger partial charge in [0.15, 0.2) is 0 Å². The minimum Gasteiger partial charge on any atom is -0.267 e. The summed E-state index contributed by atoms with van der Waals surface area (Å²) in [6.07, 6.45) is 1.81. The smallest absolute Gasteiger partial charge is 0.267 e. The van der Waals surface area contributed by atoms with Gasteiger partial charge in [-0.05, 0) is 64.7 Å². The molecule has 36 heavy (non-hydrogen) atoms. The summed E-state index contributed by atoms with van der Waals surface area (Å²) < 4.78 is 0.894. The van der Waals surface area contributed by atoms with E-state index in [0.717, 1.165) is 26.7 Å². The summed E-state index contributed by atoms with van der Waals surface area (Å²) in [6, 6.07) is 32.3.